The molecular weight excluding hydrogens is 278 g/mol. The number of halogens is 1. The number of hydrogen-bond acceptors (Lipinski definition) is 1. The van der Waals surface area contributed by atoms with Gasteiger partial charge in [-0.3, -0.25) is 4.79 Å². The number of carbonyl (C=O) groups is 1. The van der Waals surface area contributed by atoms with E-state index < -0.39 is 0 Å². The highest BCUT2D eigenvalue weighted by atomic mass is 79.9. The molecule has 1 amide bonds. The average molecular weight is 296 g/mol. The molecule has 2 nitrogen and oxygen atoms in total. The summed E-state index contributed by atoms with van der Waals surface area (Å²) in [5.74, 6) is 0.158. The highest BCUT2D eigenvalue weighted by Crippen LogP contribution is 2.30. The third-order valence-corrected chi connectivity index (χ3v) is 4.26. The lowest BCUT2D eigenvalue weighted by molar-refractivity contribution is 0.0778. The van der Waals surface area contributed by atoms with Crippen molar-refractivity contribution in [3.8, 4) is 0 Å². The number of hydrogen-bond donors (Lipinski definition) is 0. The van der Waals surface area contributed by atoms with E-state index in [1.54, 1.807) is 0 Å². The van der Waals surface area contributed by atoms with Crippen molar-refractivity contribution in [2.45, 2.75) is 27.2 Å². The molecule has 1 aromatic rings. The van der Waals surface area contributed by atoms with Crippen molar-refractivity contribution < 1.29 is 4.79 Å². The SMILES string of the molecule is Cc1cc(C(=O)N2CCC(C)(C)C2)ccc1Br. The molecule has 1 aromatic carbocycles. The van der Waals surface area contributed by atoms with E-state index in [0.717, 1.165) is 35.1 Å². The quantitative estimate of drug-likeness (QED) is 0.775. The van der Waals surface area contributed by atoms with Crippen LogP contribution in [0, 0.1) is 12.3 Å². The van der Waals surface area contributed by atoms with Gasteiger partial charge in [0, 0.05) is 23.1 Å². The van der Waals surface area contributed by atoms with E-state index in [-0.39, 0.29) is 11.3 Å². The van der Waals surface area contributed by atoms with E-state index >= 15 is 0 Å². The molecule has 2 rings (SSSR count). The molecule has 1 saturated heterocycles. The minimum atomic E-state index is 0.158. The summed E-state index contributed by atoms with van der Waals surface area (Å²) in [5, 5.41) is 0. The zero-order chi connectivity index (χ0) is 12.6. The number of nitrogens with zero attached hydrogens (tertiary/aromatic N) is 1. The second kappa shape index (κ2) is 4.45. The van der Waals surface area contributed by atoms with Crippen molar-refractivity contribution >= 4 is 21.8 Å². The monoisotopic (exact) mass is 295 g/mol. The molecular formula is C14H18BrNO. The van der Waals surface area contributed by atoms with Crippen LogP contribution in [-0.4, -0.2) is 23.9 Å². The maximum absolute atomic E-state index is 12.3. The number of aryl methyl sites for hydroxylation is 1. The molecule has 92 valence electrons. The Morgan fingerprint density at radius 2 is 2.12 bits per heavy atom. The predicted molar refractivity (Wildman–Crippen MR) is 73.2 cm³/mol. The molecule has 0 saturated carbocycles. The summed E-state index contributed by atoms with van der Waals surface area (Å²) in [5.41, 5.74) is 2.16. The highest BCUT2D eigenvalue weighted by Gasteiger charge is 2.32. The van der Waals surface area contributed by atoms with Crippen LogP contribution >= 0.6 is 15.9 Å². The maximum Gasteiger partial charge on any atom is 0.253 e. The average Bonchev–Trinajstić information content (AvgIpc) is 2.62. The molecule has 1 heterocycles. The smallest absolute Gasteiger partial charge is 0.253 e. The fraction of sp³-hybridized carbons (Fsp3) is 0.500. The van der Waals surface area contributed by atoms with Gasteiger partial charge in [-0.15, -0.1) is 0 Å². The van der Waals surface area contributed by atoms with Gasteiger partial charge in [-0.2, -0.15) is 0 Å². The predicted octanol–water partition coefficient (Wildman–Crippen LogP) is 3.63. The topological polar surface area (TPSA) is 20.3 Å². The summed E-state index contributed by atoms with van der Waals surface area (Å²) >= 11 is 3.46. The van der Waals surface area contributed by atoms with Gasteiger partial charge in [0.1, 0.15) is 0 Å². The van der Waals surface area contributed by atoms with Crippen LogP contribution in [0.5, 0.6) is 0 Å². The molecule has 0 spiro atoms. The minimum absolute atomic E-state index is 0.158. The molecule has 1 aliphatic heterocycles. The standard InChI is InChI=1S/C14H18BrNO/c1-10-8-11(4-5-12(10)15)13(17)16-7-6-14(2,3)9-16/h4-5,8H,6-7,9H2,1-3H3. The molecule has 0 aromatic heterocycles. The van der Waals surface area contributed by atoms with Gasteiger partial charge in [0.2, 0.25) is 0 Å². The fourth-order valence-corrected chi connectivity index (χ4v) is 2.49. The molecule has 0 atom stereocenters. The van der Waals surface area contributed by atoms with Crippen LogP contribution in [-0.2, 0) is 0 Å². The second-order valence-corrected chi connectivity index (χ2v) is 6.46. The Labute approximate surface area is 111 Å². The van der Waals surface area contributed by atoms with Gasteiger partial charge in [-0.25, -0.2) is 0 Å². The normalized spacial score (nSPS) is 18.5. The summed E-state index contributed by atoms with van der Waals surface area (Å²) in [4.78, 5) is 14.3. The van der Waals surface area contributed by atoms with Gasteiger partial charge in [-0.1, -0.05) is 29.8 Å². The highest BCUT2D eigenvalue weighted by molar-refractivity contribution is 9.10. The Bertz CT molecular complexity index is 454. The van der Waals surface area contributed by atoms with Gasteiger partial charge in [-0.05, 0) is 42.5 Å². The molecule has 0 N–H and O–H groups in total. The molecule has 17 heavy (non-hydrogen) atoms. The van der Waals surface area contributed by atoms with Crippen LogP contribution in [0.25, 0.3) is 0 Å². The number of amides is 1. The van der Waals surface area contributed by atoms with Gasteiger partial charge >= 0.3 is 0 Å². The van der Waals surface area contributed by atoms with E-state index in [2.05, 4.69) is 29.8 Å². The molecule has 1 fully saturated rings. The summed E-state index contributed by atoms with van der Waals surface area (Å²) in [6.45, 7) is 8.18. The number of likely N-dealkylation sites (tertiary alicyclic amines) is 1. The van der Waals surface area contributed by atoms with E-state index in [1.165, 1.54) is 0 Å². The Balaban J connectivity index is 2.18. The Morgan fingerprint density at radius 3 is 2.65 bits per heavy atom. The lowest BCUT2D eigenvalue weighted by Crippen LogP contribution is -2.30. The third kappa shape index (κ3) is 2.71. The summed E-state index contributed by atoms with van der Waals surface area (Å²) in [6.07, 6.45) is 1.09. The maximum atomic E-state index is 12.3. The van der Waals surface area contributed by atoms with Gasteiger partial charge < -0.3 is 4.90 Å². The molecule has 1 aliphatic rings. The van der Waals surface area contributed by atoms with E-state index in [9.17, 15) is 4.79 Å². The summed E-state index contributed by atoms with van der Waals surface area (Å²) < 4.78 is 1.05. The first-order valence-corrected chi connectivity index (χ1v) is 6.74. The lowest BCUT2D eigenvalue weighted by atomic mass is 9.93. The van der Waals surface area contributed by atoms with Crippen LogP contribution in [0.4, 0.5) is 0 Å². The van der Waals surface area contributed by atoms with Crippen molar-refractivity contribution in [2.24, 2.45) is 5.41 Å². The Hall–Kier alpha value is -0.830. The third-order valence-electron chi connectivity index (χ3n) is 3.37. The largest absolute Gasteiger partial charge is 0.338 e. The van der Waals surface area contributed by atoms with Crippen molar-refractivity contribution in [3.05, 3.63) is 33.8 Å². The van der Waals surface area contributed by atoms with Crippen LogP contribution in [0.3, 0.4) is 0 Å². The number of benzene rings is 1. The first-order valence-electron chi connectivity index (χ1n) is 5.94. The van der Waals surface area contributed by atoms with Crippen molar-refractivity contribution in [3.63, 3.8) is 0 Å². The Kier molecular flexibility index (Phi) is 3.30. The lowest BCUT2D eigenvalue weighted by Gasteiger charge is -2.20. The van der Waals surface area contributed by atoms with Crippen LogP contribution < -0.4 is 0 Å². The van der Waals surface area contributed by atoms with E-state index in [4.69, 9.17) is 0 Å². The van der Waals surface area contributed by atoms with E-state index in [1.807, 2.05) is 30.0 Å². The summed E-state index contributed by atoms with van der Waals surface area (Å²) in [6, 6.07) is 5.80. The molecule has 0 unspecified atom stereocenters. The summed E-state index contributed by atoms with van der Waals surface area (Å²) in [7, 11) is 0. The molecule has 0 radical (unpaired) electrons. The zero-order valence-corrected chi connectivity index (χ0v) is 12.2. The first kappa shape index (κ1) is 12.6. The van der Waals surface area contributed by atoms with Crippen LogP contribution in [0.2, 0.25) is 0 Å². The van der Waals surface area contributed by atoms with Gasteiger partial charge in [0.15, 0.2) is 0 Å². The van der Waals surface area contributed by atoms with Crippen LogP contribution in [0.15, 0.2) is 22.7 Å². The van der Waals surface area contributed by atoms with Crippen molar-refractivity contribution in [1.29, 1.82) is 0 Å². The fourth-order valence-electron chi connectivity index (χ4n) is 2.25. The van der Waals surface area contributed by atoms with Gasteiger partial charge in [0.05, 0.1) is 0 Å². The van der Waals surface area contributed by atoms with Gasteiger partial charge in [0.25, 0.3) is 5.91 Å². The zero-order valence-electron chi connectivity index (χ0n) is 10.6. The molecule has 0 bridgehead atoms. The van der Waals surface area contributed by atoms with E-state index in [0.29, 0.717) is 0 Å². The first-order chi connectivity index (χ1) is 7.89. The number of carbonyl (C=O) groups excluding carboxylic acids is 1. The van der Waals surface area contributed by atoms with Crippen LogP contribution in [0.1, 0.15) is 36.2 Å². The van der Waals surface area contributed by atoms with Crippen molar-refractivity contribution in [1.82, 2.24) is 4.90 Å². The molecule has 3 heteroatoms. The second-order valence-electron chi connectivity index (χ2n) is 5.60. The molecule has 0 aliphatic carbocycles. The Morgan fingerprint density at radius 1 is 1.41 bits per heavy atom. The minimum Gasteiger partial charge on any atom is -0.338 e. The number of rotatable bonds is 1. The van der Waals surface area contributed by atoms with Crippen molar-refractivity contribution in [2.75, 3.05) is 13.1 Å².